The molecule has 2 atom stereocenters. The van der Waals surface area contributed by atoms with Crippen LogP contribution < -0.4 is 5.73 Å². The lowest BCUT2D eigenvalue weighted by atomic mass is 9.81. The van der Waals surface area contributed by atoms with Crippen LogP contribution in [0.15, 0.2) is 0 Å². The minimum Gasteiger partial charge on any atom is -0.481 e. The Morgan fingerprint density at radius 2 is 2.27 bits per heavy atom. The summed E-state index contributed by atoms with van der Waals surface area (Å²) in [5.74, 6) is -0.328. The molecule has 0 aromatic rings. The third-order valence-corrected chi connectivity index (χ3v) is 2.47. The number of carbonyl (C=O) groups is 1. The van der Waals surface area contributed by atoms with Crippen molar-refractivity contribution < 1.29 is 9.90 Å². The van der Waals surface area contributed by atoms with E-state index in [1.165, 1.54) is 0 Å². The molecular weight excluding hydrogens is 142 g/mol. The number of hydrogen-bond acceptors (Lipinski definition) is 2. The Morgan fingerprint density at radius 1 is 1.55 bits per heavy atom. The van der Waals surface area contributed by atoms with Crippen molar-refractivity contribution in [1.82, 2.24) is 0 Å². The van der Waals surface area contributed by atoms with E-state index in [2.05, 4.69) is 0 Å². The quantitative estimate of drug-likeness (QED) is 0.624. The van der Waals surface area contributed by atoms with Crippen LogP contribution in [-0.4, -0.2) is 17.6 Å². The molecule has 0 heterocycles. The second-order valence-electron chi connectivity index (χ2n) is 3.30. The number of carboxylic acid groups (broad SMARTS) is 1. The van der Waals surface area contributed by atoms with Gasteiger partial charge in [-0.05, 0) is 31.7 Å². The van der Waals surface area contributed by atoms with Crippen molar-refractivity contribution in [1.29, 1.82) is 0 Å². The zero-order chi connectivity index (χ0) is 8.27. The van der Waals surface area contributed by atoms with Crippen LogP contribution in [0.4, 0.5) is 0 Å². The number of nitrogens with two attached hydrogens (primary N) is 1. The monoisotopic (exact) mass is 157 g/mol. The van der Waals surface area contributed by atoms with Crippen LogP contribution in [0.25, 0.3) is 0 Å². The van der Waals surface area contributed by atoms with Gasteiger partial charge in [-0.3, -0.25) is 4.79 Å². The molecule has 3 N–H and O–H groups in total. The Kier molecular flexibility index (Phi) is 2.88. The van der Waals surface area contributed by atoms with Gasteiger partial charge in [0.25, 0.3) is 0 Å². The maximum absolute atomic E-state index is 10.6. The third-order valence-electron chi connectivity index (χ3n) is 2.47. The molecule has 0 bridgehead atoms. The summed E-state index contributed by atoms with van der Waals surface area (Å²) in [6.07, 6.45) is 3.76. The fourth-order valence-corrected chi connectivity index (χ4v) is 1.73. The van der Waals surface area contributed by atoms with E-state index in [-0.39, 0.29) is 5.92 Å². The van der Waals surface area contributed by atoms with Gasteiger partial charge in [0.05, 0.1) is 5.92 Å². The van der Waals surface area contributed by atoms with E-state index in [0.29, 0.717) is 12.5 Å². The van der Waals surface area contributed by atoms with Crippen LogP contribution >= 0.6 is 0 Å². The standard InChI is InChI=1S/C8H15NO2/c9-5-6-2-1-3-7(4-6)8(10)11/h6-7H,1-5,9H2,(H,10,11)/t6-,7?/m0/s1. The fraction of sp³-hybridized carbons (Fsp3) is 0.875. The smallest absolute Gasteiger partial charge is 0.306 e. The van der Waals surface area contributed by atoms with E-state index in [4.69, 9.17) is 10.8 Å². The first kappa shape index (κ1) is 8.53. The first-order valence-electron chi connectivity index (χ1n) is 4.17. The largest absolute Gasteiger partial charge is 0.481 e. The second kappa shape index (κ2) is 3.72. The highest BCUT2D eigenvalue weighted by atomic mass is 16.4. The summed E-state index contributed by atoms with van der Waals surface area (Å²) in [5, 5.41) is 8.71. The van der Waals surface area contributed by atoms with Gasteiger partial charge in [0, 0.05) is 0 Å². The van der Waals surface area contributed by atoms with E-state index in [1.54, 1.807) is 0 Å². The average molecular weight is 157 g/mol. The Morgan fingerprint density at radius 3 is 2.82 bits per heavy atom. The molecule has 1 unspecified atom stereocenters. The summed E-state index contributed by atoms with van der Waals surface area (Å²) < 4.78 is 0. The van der Waals surface area contributed by atoms with Gasteiger partial charge >= 0.3 is 5.97 Å². The van der Waals surface area contributed by atoms with Gasteiger partial charge in [0.2, 0.25) is 0 Å². The molecule has 1 fully saturated rings. The molecule has 0 radical (unpaired) electrons. The minimum atomic E-state index is -0.650. The van der Waals surface area contributed by atoms with Gasteiger partial charge in [-0.25, -0.2) is 0 Å². The van der Waals surface area contributed by atoms with Crippen molar-refractivity contribution in [2.45, 2.75) is 25.7 Å². The van der Waals surface area contributed by atoms with Crippen molar-refractivity contribution in [2.24, 2.45) is 17.6 Å². The molecule has 0 aliphatic heterocycles. The van der Waals surface area contributed by atoms with Crippen molar-refractivity contribution >= 4 is 5.97 Å². The molecule has 11 heavy (non-hydrogen) atoms. The molecule has 0 saturated heterocycles. The van der Waals surface area contributed by atoms with Crippen LogP contribution in [0, 0.1) is 11.8 Å². The molecule has 0 spiro atoms. The van der Waals surface area contributed by atoms with Crippen LogP contribution in [0.5, 0.6) is 0 Å². The number of hydrogen-bond donors (Lipinski definition) is 2. The van der Waals surface area contributed by atoms with Crippen molar-refractivity contribution in [2.75, 3.05) is 6.54 Å². The van der Waals surface area contributed by atoms with E-state index in [0.717, 1.165) is 25.7 Å². The topological polar surface area (TPSA) is 63.3 Å². The summed E-state index contributed by atoms with van der Waals surface area (Å²) >= 11 is 0. The normalized spacial score (nSPS) is 31.7. The van der Waals surface area contributed by atoms with Gasteiger partial charge < -0.3 is 10.8 Å². The number of rotatable bonds is 2. The molecule has 1 aliphatic carbocycles. The highest BCUT2D eigenvalue weighted by molar-refractivity contribution is 5.70. The van der Waals surface area contributed by atoms with E-state index >= 15 is 0 Å². The van der Waals surface area contributed by atoms with Crippen LogP contribution in [-0.2, 0) is 4.79 Å². The lowest BCUT2D eigenvalue weighted by Gasteiger charge is -2.25. The molecular formula is C8H15NO2. The van der Waals surface area contributed by atoms with Gasteiger partial charge in [0.15, 0.2) is 0 Å². The zero-order valence-electron chi connectivity index (χ0n) is 6.62. The zero-order valence-corrected chi connectivity index (χ0v) is 6.62. The summed E-state index contributed by atoms with van der Waals surface area (Å²) in [6, 6.07) is 0. The van der Waals surface area contributed by atoms with Gasteiger partial charge in [-0.15, -0.1) is 0 Å². The molecule has 64 valence electrons. The fourth-order valence-electron chi connectivity index (χ4n) is 1.73. The summed E-state index contributed by atoms with van der Waals surface area (Å²) in [4.78, 5) is 10.6. The highest BCUT2D eigenvalue weighted by Gasteiger charge is 2.25. The summed E-state index contributed by atoms with van der Waals surface area (Å²) in [6.45, 7) is 0.643. The summed E-state index contributed by atoms with van der Waals surface area (Å²) in [7, 11) is 0. The Hall–Kier alpha value is -0.570. The maximum Gasteiger partial charge on any atom is 0.306 e. The minimum absolute atomic E-state index is 0.128. The third kappa shape index (κ3) is 2.19. The van der Waals surface area contributed by atoms with Crippen LogP contribution in [0.2, 0.25) is 0 Å². The lowest BCUT2D eigenvalue weighted by molar-refractivity contribution is -0.143. The molecule has 0 aromatic carbocycles. The molecule has 3 nitrogen and oxygen atoms in total. The maximum atomic E-state index is 10.6. The van der Waals surface area contributed by atoms with Crippen molar-refractivity contribution in [3.63, 3.8) is 0 Å². The predicted octanol–water partition coefficient (Wildman–Crippen LogP) is 0.836. The average Bonchev–Trinajstić information content (AvgIpc) is 2.05. The first-order chi connectivity index (χ1) is 5.24. The van der Waals surface area contributed by atoms with Crippen LogP contribution in [0.1, 0.15) is 25.7 Å². The molecule has 1 aliphatic rings. The summed E-state index contributed by atoms with van der Waals surface area (Å²) in [5.41, 5.74) is 5.47. The van der Waals surface area contributed by atoms with E-state index in [9.17, 15) is 4.79 Å². The predicted molar refractivity (Wildman–Crippen MR) is 42.1 cm³/mol. The first-order valence-corrected chi connectivity index (χ1v) is 4.17. The lowest BCUT2D eigenvalue weighted by Crippen LogP contribution is -2.26. The second-order valence-corrected chi connectivity index (χ2v) is 3.30. The molecule has 0 aromatic heterocycles. The van der Waals surface area contributed by atoms with Crippen molar-refractivity contribution in [3.05, 3.63) is 0 Å². The Labute approximate surface area is 66.6 Å². The van der Waals surface area contributed by atoms with Crippen LogP contribution in [0.3, 0.4) is 0 Å². The van der Waals surface area contributed by atoms with Crippen molar-refractivity contribution in [3.8, 4) is 0 Å². The van der Waals surface area contributed by atoms with Gasteiger partial charge in [0.1, 0.15) is 0 Å². The van der Waals surface area contributed by atoms with Gasteiger partial charge in [-0.2, -0.15) is 0 Å². The number of carboxylic acids is 1. The highest BCUT2D eigenvalue weighted by Crippen LogP contribution is 2.28. The molecule has 0 amide bonds. The van der Waals surface area contributed by atoms with E-state index in [1.807, 2.05) is 0 Å². The molecule has 1 saturated carbocycles. The SMILES string of the molecule is NC[C@H]1CCCC(C(=O)O)C1. The molecule has 3 heteroatoms. The number of aliphatic carboxylic acids is 1. The molecule has 1 rings (SSSR count). The van der Waals surface area contributed by atoms with E-state index < -0.39 is 5.97 Å². The Bertz CT molecular complexity index is 147. The Balaban J connectivity index is 2.39. The van der Waals surface area contributed by atoms with Gasteiger partial charge in [-0.1, -0.05) is 6.42 Å².